The van der Waals surface area contributed by atoms with Crippen LogP contribution in [0, 0.1) is 6.92 Å². The Balaban J connectivity index is 2.28. The van der Waals surface area contributed by atoms with E-state index in [-0.39, 0.29) is 18.8 Å². The summed E-state index contributed by atoms with van der Waals surface area (Å²) in [5, 5.41) is 8.82. The van der Waals surface area contributed by atoms with E-state index in [9.17, 15) is 13.6 Å². The first kappa shape index (κ1) is 13.4. The number of anilines is 2. The summed E-state index contributed by atoms with van der Waals surface area (Å²) in [5.41, 5.74) is 6.61. The van der Waals surface area contributed by atoms with Crippen molar-refractivity contribution in [2.45, 2.75) is 19.8 Å². The highest BCUT2D eigenvalue weighted by Crippen LogP contribution is 2.17. The Kier molecular flexibility index (Phi) is 4.83. The van der Waals surface area contributed by atoms with Gasteiger partial charge in [0.15, 0.2) is 5.82 Å². The average Bonchev–Trinajstić information content (AvgIpc) is 2.56. The van der Waals surface area contributed by atoms with Gasteiger partial charge in [-0.1, -0.05) is 0 Å². The molecule has 0 bridgehead atoms. The van der Waals surface area contributed by atoms with Crippen LogP contribution in [0.25, 0.3) is 0 Å². The number of carbonyl (C=O) groups is 1. The second-order valence-corrected chi connectivity index (χ2v) is 3.38. The van der Waals surface area contributed by atoms with Gasteiger partial charge in [-0.05, 0) is 6.92 Å². The monoisotopic (exact) mass is 248 g/mol. The lowest BCUT2D eigenvalue weighted by Gasteiger charge is -2.04. The molecule has 0 unspecified atom stereocenters. The van der Waals surface area contributed by atoms with E-state index in [1.165, 1.54) is 0 Å². The smallest absolute Gasteiger partial charge is 0.261 e. The summed E-state index contributed by atoms with van der Waals surface area (Å²) in [6, 6.07) is 0. The van der Waals surface area contributed by atoms with Gasteiger partial charge in [-0.3, -0.25) is 9.89 Å². The van der Waals surface area contributed by atoms with Crippen molar-refractivity contribution in [2.24, 2.45) is 0 Å². The summed E-state index contributed by atoms with van der Waals surface area (Å²) in [7, 11) is 0. The molecule has 0 spiro atoms. The van der Waals surface area contributed by atoms with Gasteiger partial charge in [0.1, 0.15) is 6.61 Å². The predicted octanol–water partition coefficient (Wildman–Crippen LogP) is 0.911. The number of amides is 1. The van der Waals surface area contributed by atoms with Crippen LogP contribution in [-0.2, 0) is 9.53 Å². The average molecular weight is 248 g/mol. The predicted molar refractivity (Wildman–Crippen MR) is 57.8 cm³/mol. The number of rotatable bonds is 6. The number of carbonyl (C=O) groups excluding carboxylic acids is 1. The molecule has 1 aromatic heterocycles. The van der Waals surface area contributed by atoms with Gasteiger partial charge in [-0.15, -0.1) is 0 Å². The topological polar surface area (TPSA) is 93.0 Å². The van der Waals surface area contributed by atoms with Gasteiger partial charge >= 0.3 is 0 Å². The van der Waals surface area contributed by atoms with Gasteiger partial charge in [0.2, 0.25) is 5.91 Å². The number of hydrogen-bond acceptors (Lipinski definition) is 4. The number of H-pyrrole nitrogens is 1. The van der Waals surface area contributed by atoms with Crippen LogP contribution in [0.1, 0.15) is 12.1 Å². The molecule has 0 aliphatic heterocycles. The highest BCUT2D eigenvalue weighted by molar-refractivity contribution is 5.92. The van der Waals surface area contributed by atoms with E-state index in [0.29, 0.717) is 11.4 Å². The highest BCUT2D eigenvalue weighted by Gasteiger charge is 2.10. The summed E-state index contributed by atoms with van der Waals surface area (Å²) in [6.45, 7) is 0.972. The number of nitrogens with zero attached hydrogens (tertiary/aromatic N) is 1. The molecule has 0 saturated heterocycles. The molecule has 0 atom stereocenters. The molecule has 0 fully saturated rings. The van der Waals surface area contributed by atoms with Gasteiger partial charge in [0.05, 0.1) is 24.4 Å². The molecule has 96 valence electrons. The molecular formula is C9H14F2N4O2. The maximum atomic E-state index is 11.7. The third-order valence-corrected chi connectivity index (χ3v) is 1.97. The zero-order chi connectivity index (χ0) is 12.8. The molecule has 17 heavy (non-hydrogen) atoms. The Bertz CT molecular complexity index is 381. The lowest BCUT2D eigenvalue weighted by Crippen LogP contribution is -2.16. The molecule has 0 aromatic carbocycles. The Morgan fingerprint density at radius 1 is 1.65 bits per heavy atom. The fraction of sp³-hybridized carbons (Fsp3) is 0.556. The first-order chi connectivity index (χ1) is 8.00. The minimum atomic E-state index is -2.53. The Labute approximate surface area is 96.5 Å². The summed E-state index contributed by atoms with van der Waals surface area (Å²) in [6.07, 6.45) is -2.55. The van der Waals surface area contributed by atoms with E-state index in [1.54, 1.807) is 6.92 Å². The number of hydrogen-bond donors (Lipinski definition) is 3. The summed E-state index contributed by atoms with van der Waals surface area (Å²) < 4.78 is 28.0. The number of ether oxygens (including phenoxy) is 1. The van der Waals surface area contributed by atoms with Crippen molar-refractivity contribution < 1.29 is 18.3 Å². The van der Waals surface area contributed by atoms with Crippen LogP contribution in [0.4, 0.5) is 20.3 Å². The molecule has 0 aliphatic carbocycles. The highest BCUT2D eigenvalue weighted by atomic mass is 19.3. The van der Waals surface area contributed by atoms with Crippen LogP contribution in [-0.4, -0.2) is 35.7 Å². The molecule has 6 nitrogen and oxygen atoms in total. The van der Waals surface area contributed by atoms with Crippen LogP contribution < -0.4 is 11.1 Å². The maximum absolute atomic E-state index is 11.7. The normalized spacial score (nSPS) is 10.8. The van der Waals surface area contributed by atoms with Gasteiger partial charge < -0.3 is 15.8 Å². The molecule has 8 heteroatoms. The Morgan fingerprint density at radius 3 is 2.88 bits per heavy atom. The summed E-state index contributed by atoms with van der Waals surface area (Å²) in [5.74, 6) is -0.154. The molecule has 1 aromatic rings. The van der Waals surface area contributed by atoms with E-state index in [4.69, 9.17) is 5.73 Å². The Morgan fingerprint density at radius 2 is 2.35 bits per heavy atom. The number of nitrogens with one attached hydrogen (secondary N) is 2. The summed E-state index contributed by atoms with van der Waals surface area (Å²) in [4.78, 5) is 11.3. The van der Waals surface area contributed by atoms with Gasteiger partial charge in [0, 0.05) is 0 Å². The van der Waals surface area contributed by atoms with E-state index in [0.717, 1.165) is 0 Å². The largest absolute Gasteiger partial charge is 0.394 e. The number of nitrogens with two attached hydrogens (primary N) is 1. The minimum Gasteiger partial charge on any atom is -0.394 e. The first-order valence-corrected chi connectivity index (χ1v) is 4.97. The lowest BCUT2D eigenvalue weighted by atomic mass is 10.3. The summed E-state index contributed by atoms with van der Waals surface area (Å²) >= 11 is 0. The molecule has 1 amide bonds. The van der Waals surface area contributed by atoms with Gasteiger partial charge in [0.25, 0.3) is 6.43 Å². The van der Waals surface area contributed by atoms with Crippen LogP contribution in [0.2, 0.25) is 0 Å². The molecule has 0 saturated carbocycles. The van der Waals surface area contributed by atoms with Crippen molar-refractivity contribution in [2.75, 3.05) is 24.3 Å². The van der Waals surface area contributed by atoms with E-state index < -0.39 is 18.9 Å². The minimum absolute atomic E-state index is 0.0297. The quantitative estimate of drug-likeness (QED) is 0.652. The molecule has 4 N–H and O–H groups in total. The van der Waals surface area contributed by atoms with Crippen molar-refractivity contribution in [3.63, 3.8) is 0 Å². The second kappa shape index (κ2) is 6.14. The second-order valence-electron chi connectivity index (χ2n) is 3.38. The van der Waals surface area contributed by atoms with Crippen LogP contribution in [0.3, 0.4) is 0 Å². The standard InChI is InChI=1S/C9H14F2N4O2/c1-5-8(12)9(15-14-5)13-7(16)2-3-17-4-6(10)11/h6H,2-4,12H2,1H3,(H2,13,14,15,16). The van der Waals surface area contributed by atoms with Crippen LogP contribution >= 0.6 is 0 Å². The van der Waals surface area contributed by atoms with E-state index >= 15 is 0 Å². The zero-order valence-corrected chi connectivity index (χ0v) is 9.30. The van der Waals surface area contributed by atoms with Crippen molar-refractivity contribution in [3.8, 4) is 0 Å². The Hall–Kier alpha value is -1.70. The fourth-order valence-electron chi connectivity index (χ4n) is 1.06. The molecule has 1 heterocycles. The first-order valence-electron chi connectivity index (χ1n) is 4.97. The lowest BCUT2D eigenvalue weighted by molar-refractivity contribution is -0.117. The maximum Gasteiger partial charge on any atom is 0.261 e. The number of halogens is 2. The van der Waals surface area contributed by atoms with Gasteiger partial charge in [-0.25, -0.2) is 8.78 Å². The van der Waals surface area contributed by atoms with Crippen molar-refractivity contribution in [1.82, 2.24) is 10.2 Å². The van der Waals surface area contributed by atoms with Crippen LogP contribution in [0.5, 0.6) is 0 Å². The van der Waals surface area contributed by atoms with E-state index in [2.05, 4.69) is 20.3 Å². The number of aryl methyl sites for hydroxylation is 1. The molecule has 0 aliphatic rings. The molecule has 0 radical (unpaired) electrons. The van der Waals surface area contributed by atoms with Crippen LogP contribution in [0.15, 0.2) is 0 Å². The zero-order valence-electron chi connectivity index (χ0n) is 9.30. The van der Waals surface area contributed by atoms with Gasteiger partial charge in [-0.2, -0.15) is 5.10 Å². The third kappa shape index (κ3) is 4.35. The number of aromatic amines is 1. The number of alkyl halides is 2. The van der Waals surface area contributed by atoms with Crippen molar-refractivity contribution in [1.29, 1.82) is 0 Å². The molecule has 1 rings (SSSR count). The SMILES string of the molecule is Cc1[nH]nc(NC(=O)CCOCC(F)F)c1N. The van der Waals surface area contributed by atoms with E-state index in [1.807, 2.05) is 0 Å². The number of aromatic nitrogens is 2. The van der Waals surface area contributed by atoms with Crippen molar-refractivity contribution in [3.05, 3.63) is 5.69 Å². The molecular weight excluding hydrogens is 234 g/mol. The third-order valence-electron chi connectivity index (χ3n) is 1.97. The number of nitrogen functional groups attached to an aromatic ring is 1. The van der Waals surface area contributed by atoms with Crippen molar-refractivity contribution >= 4 is 17.4 Å². The fourth-order valence-corrected chi connectivity index (χ4v) is 1.06.